The zero-order chi connectivity index (χ0) is 22.3. The van der Waals surface area contributed by atoms with Crippen molar-refractivity contribution in [3.05, 3.63) is 0 Å². The summed E-state index contributed by atoms with van der Waals surface area (Å²) in [7, 11) is 0. The quantitative estimate of drug-likeness (QED) is 0.153. The van der Waals surface area contributed by atoms with Crippen molar-refractivity contribution in [2.75, 3.05) is 0 Å². The van der Waals surface area contributed by atoms with Crippen LogP contribution in [0.25, 0.3) is 0 Å². The van der Waals surface area contributed by atoms with Crippen LogP contribution in [0.4, 0.5) is 0 Å². The maximum Gasteiger partial charge on any atom is 0.0125 e. The van der Waals surface area contributed by atoms with E-state index in [0.717, 1.165) is 0 Å². The lowest BCUT2D eigenvalue weighted by Gasteiger charge is -2.31. The number of rotatable bonds is 24. The molecular weight excluding hydrogens is 362 g/mol. The second-order valence-corrected chi connectivity index (χ2v) is 10.8. The van der Waals surface area contributed by atoms with Gasteiger partial charge in [-0.3, -0.25) is 0 Å². The van der Waals surface area contributed by atoms with E-state index in [9.17, 15) is 0 Å². The van der Waals surface area contributed by atoms with Gasteiger partial charge < -0.3 is 5.73 Å². The normalized spacial score (nSPS) is 13.1. The van der Waals surface area contributed by atoms with Crippen molar-refractivity contribution in [2.45, 2.75) is 181 Å². The maximum absolute atomic E-state index is 6.49. The van der Waals surface area contributed by atoms with E-state index in [-0.39, 0.29) is 5.54 Å². The first kappa shape index (κ1) is 30.0. The molecule has 2 N–H and O–H groups in total. The predicted octanol–water partition coefficient (Wildman–Crippen LogP) is 10.4. The Morgan fingerprint density at radius 3 is 0.900 bits per heavy atom. The summed E-state index contributed by atoms with van der Waals surface area (Å²) in [5, 5.41) is 0. The number of nitrogens with two attached hydrogens (primary N) is 1. The average Bonchev–Trinajstić information content (AvgIpc) is 2.70. The molecule has 0 aliphatic heterocycles. The lowest BCUT2D eigenvalue weighted by atomic mass is 9.80. The molecule has 0 bridgehead atoms. The molecular formula is C29H61N. The SMILES string of the molecule is CCCCCCCCCCCCCCCCCCC(CCCCCCC)C(C)(C)N. The molecule has 0 fully saturated rings. The molecule has 0 heterocycles. The molecule has 0 aliphatic carbocycles. The van der Waals surface area contributed by atoms with Crippen LogP contribution in [0.5, 0.6) is 0 Å². The minimum atomic E-state index is 0.000261. The zero-order valence-corrected chi connectivity index (χ0v) is 21.9. The molecule has 182 valence electrons. The van der Waals surface area contributed by atoms with E-state index in [0.29, 0.717) is 5.92 Å². The van der Waals surface area contributed by atoms with E-state index in [1.165, 1.54) is 148 Å². The predicted molar refractivity (Wildman–Crippen MR) is 139 cm³/mol. The fourth-order valence-electron chi connectivity index (χ4n) is 4.82. The third kappa shape index (κ3) is 21.2. The number of unbranched alkanes of at least 4 members (excludes halogenated alkanes) is 19. The molecule has 0 aromatic rings. The fraction of sp³-hybridized carbons (Fsp3) is 1.00. The van der Waals surface area contributed by atoms with Crippen molar-refractivity contribution in [3.8, 4) is 0 Å². The van der Waals surface area contributed by atoms with Crippen molar-refractivity contribution in [3.63, 3.8) is 0 Å². The van der Waals surface area contributed by atoms with Crippen molar-refractivity contribution in [1.29, 1.82) is 0 Å². The van der Waals surface area contributed by atoms with Gasteiger partial charge in [-0.1, -0.05) is 149 Å². The molecule has 30 heavy (non-hydrogen) atoms. The van der Waals surface area contributed by atoms with Gasteiger partial charge in [0.25, 0.3) is 0 Å². The Morgan fingerprint density at radius 1 is 0.433 bits per heavy atom. The van der Waals surface area contributed by atoms with Crippen LogP contribution in [0.2, 0.25) is 0 Å². The van der Waals surface area contributed by atoms with Gasteiger partial charge in [0, 0.05) is 5.54 Å². The molecule has 0 aromatic carbocycles. The molecule has 0 aliphatic rings. The molecule has 1 nitrogen and oxygen atoms in total. The minimum absolute atomic E-state index is 0.000261. The van der Waals surface area contributed by atoms with Crippen molar-refractivity contribution >= 4 is 0 Å². The lowest BCUT2D eigenvalue weighted by molar-refractivity contribution is 0.267. The monoisotopic (exact) mass is 423 g/mol. The van der Waals surface area contributed by atoms with Crippen LogP contribution in [-0.4, -0.2) is 5.54 Å². The summed E-state index contributed by atoms with van der Waals surface area (Å²) in [5.74, 6) is 0.714. The molecule has 0 aromatic heterocycles. The third-order valence-electron chi connectivity index (χ3n) is 7.11. The summed E-state index contributed by atoms with van der Waals surface area (Å²) in [6.45, 7) is 9.09. The van der Waals surface area contributed by atoms with Crippen LogP contribution in [0.1, 0.15) is 175 Å². The molecule has 1 heteroatoms. The average molecular weight is 424 g/mol. The smallest absolute Gasteiger partial charge is 0.0125 e. The maximum atomic E-state index is 6.49. The van der Waals surface area contributed by atoms with Gasteiger partial charge in [-0.15, -0.1) is 0 Å². The van der Waals surface area contributed by atoms with Gasteiger partial charge >= 0.3 is 0 Å². The van der Waals surface area contributed by atoms with Crippen LogP contribution in [0.3, 0.4) is 0 Å². The van der Waals surface area contributed by atoms with Gasteiger partial charge in [0.2, 0.25) is 0 Å². The summed E-state index contributed by atoms with van der Waals surface area (Å²) in [4.78, 5) is 0. The van der Waals surface area contributed by atoms with E-state index in [4.69, 9.17) is 5.73 Å². The van der Waals surface area contributed by atoms with Gasteiger partial charge in [0.05, 0.1) is 0 Å². The molecule has 0 spiro atoms. The van der Waals surface area contributed by atoms with Crippen molar-refractivity contribution in [1.82, 2.24) is 0 Å². The van der Waals surface area contributed by atoms with Gasteiger partial charge in [-0.25, -0.2) is 0 Å². The summed E-state index contributed by atoms with van der Waals surface area (Å²) < 4.78 is 0. The molecule has 1 unspecified atom stereocenters. The Bertz CT molecular complexity index is 317. The third-order valence-corrected chi connectivity index (χ3v) is 7.11. The number of hydrogen-bond donors (Lipinski definition) is 1. The molecule has 1 atom stereocenters. The van der Waals surface area contributed by atoms with Crippen molar-refractivity contribution in [2.24, 2.45) is 11.7 Å². The highest BCUT2D eigenvalue weighted by molar-refractivity contribution is 4.82. The fourth-order valence-corrected chi connectivity index (χ4v) is 4.82. The first-order valence-electron chi connectivity index (χ1n) is 14.3. The highest BCUT2D eigenvalue weighted by atomic mass is 14.7. The highest BCUT2D eigenvalue weighted by Gasteiger charge is 2.23. The Labute approximate surface area is 192 Å². The molecule has 0 radical (unpaired) electrons. The largest absolute Gasteiger partial charge is 0.325 e. The van der Waals surface area contributed by atoms with Crippen LogP contribution in [-0.2, 0) is 0 Å². The van der Waals surface area contributed by atoms with Crippen LogP contribution < -0.4 is 5.73 Å². The molecule has 0 amide bonds. The Morgan fingerprint density at radius 2 is 0.667 bits per heavy atom. The summed E-state index contributed by atoms with van der Waals surface area (Å²) in [5.41, 5.74) is 6.49. The van der Waals surface area contributed by atoms with E-state index in [1.807, 2.05) is 0 Å². The molecule has 0 rings (SSSR count). The van der Waals surface area contributed by atoms with Gasteiger partial charge in [-0.2, -0.15) is 0 Å². The van der Waals surface area contributed by atoms with Crippen molar-refractivity contribution < 1.29 is 0 Å². The van der Waals surface area contributed by atoms with Crippen LogP contribution in [0, 0.1) is 5.92 Å². The standard InChI is InChI=1S/C29H61N/c1-5-7-9-11-12-13-14-15-16-17-18-19-20-21-23-25-27-28(29(3,4)30)26-24-22-10-8-6-2/h28H,5-27,30H2,1-4H3. The first-order valence-corrected chi connectivity index (χ1v) is 14.3. The van der Waals surface area contributed by atoms with Gasteiger partial charge in [-0.05, 0) is 32.6 Å². The Hall–Kier alpha value is -0.0400. The topological polar surface area (TPSA) is 26.0 Å². The number of hydrogen-bond acceptors (Lipinski definition) is 1. The van der Waals surface area contributed by atoms with E-state index >= 15 is 0 Å². The summed E-state index contributed by atoms with van der Waals surface area (Å²) >= 11 is 0. The second-order valence-electron chi connectivity index (χ2n) is 10.8. The van der Waals surface area contributed by atoms with Gasteiger partial charge in [0.1, 0.15) is 0 Å². The second kappa shape index (κ2) is 22.2. The van der Waals surface area contributed by atoms with Gasteiger partial charge in [0.15, 0.2) is 0 Å². The zero-order valence-electron chi connectivity index (χ0n) is 21.9. The van der Waals surface area contributed by atoms with E-state index in [1.54, 1.807) is 0 Å². The minimum Gasteiger partial charge on any atom is -0.325 e. The molecule has 0 saturated heterocycles. The van der Waals surface area contributed by atoms with Crippen LogP contribution >= 0.6 is 0 Å². The highest BCUT2D eigenvalue weighted by Crippen LogP contribution is 2.27. The Kier molecular flexibility index (Phi) is 22.1. The Balaban J connectivity index is 3.44. The lowest BCUT2D eigenvalue weighted by Crippen LogP contribution is -2.40. The van der Waals surface area contributed by atoms with Crippen LogP contribution in [0.15, 0.2) is 0 Å². The summed E-state index contributed by atoms with van der Waals surface area (Å²) in [6, 6.07) is 0. The van der Waals surface area contributed by atoms with E-state index in [2.05, 4.69) is 27.7 Å². The molecule has 0 saturated carbocycles. The van der Waals surface area contributed by atoms with E-state index < -0.39 is 0 Å². The first-order chi connectivity index (χ1) is 14.5. The summed E-state index contributed by atoms with van der Waals surface area (Å²) in [6.07, 6.45) is 32.8.